The van der Waals surface area contributed by atoms with Crippen LogP contribution in [0.4, 0.5) is 0 Å². The minimum atomic E-state index is -0.374. The van der Waals surface area contributed by atoms with Crippen LogP contribution in [0.5, 0.6) is 0 Å². The summed E-state index contributed by atoms with van der Waals surface area (Å²) in [7, 11) is 0. The lowest BCUT2D eigenvalue weighted by Gasteiger charge is -2.10. The second-order valence-corrected chi connectivity index (χ2v) is 7.75. The quantitative estimate of drug-likeness (QED) is 0.483. The van der Waals surface area contributed by atoms with E-state index in [-0.39, 0.29) is 17.6 Å². The number of carbonyl (C=O) groups excluding carboxylic acids is 1. The van der Waals surface area contributed by atoms with Gasteiger partial charge in [-0.2, -0.15) is 4.98 Å². The molecule has 0 aromatic carbocycles. The molecular weight excluding hydrogens is 380 g/mol. The van der Waals surface area contributed by atoms with E-state index in [1.165, 1.54) is 11.8 Å². The Morgan fingerprint density at radius 3 is 2.93 bits per heavy atom. The Morgan fingerprint density at radius 1 is 1.36 bits per heavy atom. The van der Waals surface area contributed by atoms with Gasteiger partial charge in [0.25, 0.3) is 0 Å². The zero-order chi connectivity index (χ0) is 19.9. The number of rotatable bonds is 11. The molecule has 1 unspecified atom stereocenters. The predicted octanol–water partition coefficient (Wildman–Crippen LogP) is 2.92. The van der Waals surface area contributed by atoms with Gasteiger partial charge in [0.1, 0.15) is 11.6 Å². The lowest BCUT2D eigenvalue weighted by atomic mass is 10.2. The van der Waals surface area contributed by atoms with E-state index < -0.39 is 0 Å². The number of nitrogens with two attached hydrogens (primary N) is 1. The summed E-state index contributed by atoms with van der Waals surface area (Å²) in [6.45, 7) is 4.58. The summed E-state index contributed by atoms with van der Waals surface area (Å²) in [6.07, 6.45) is 5.16. The van der Waals surface area contributed by atoms with Gasteiger partial charge in [0.15, 0.2) is 11.0 Å². The average molecular weight is 404 g/mol. The van der Waals surface area contributed by atoms with Gasteiger partial charge in [0, 0.05) is 19.3 Å². The fraction of sp³-hybridized carbons (Fsp3) is 0.500. The van der Waals surface area contributed by atoms with Crippen molar-refractivity contribution in [3.8, 4) is 0 Å². The molecule has 0 bridgehead atoms. The number of hydrogen-bond donors (Lipinski definition) is 1. The number of primary amides is 1. The molecule has 9 nitrogen and oxygen atoms in total. The van der Waals surface area contributed by atoms with Gasteiger partial charge in [-0.25, -0.2) is 0 Å². The Labute approximate surface area is 167 Å². The van der Waals surface area contributed by atoms with Crippen LogP contribution in [-0.2, 0) is 24.2 Å². The molecule has 1 amide bonds. The number of aromatic nitrogens is 5. The van der Waals surface area contributed by atoms with Crippen LogP contribution in [0.1, 0.15) is 61.7 Å². The number of aryl methyl sites for hydroxylation is 2. The summed E-state index contributed by atoms with van der Waals surface area (Å²) in [5.74, 6) is 2.36. The zero-order valence-corrected chi connectivity index (χ0v) is 16.8. The second kappa shape index (κ2) is 9.54. The standard InChI is InChI=1S/C18H24N6O3S/c1-3-4-7-15-20-17(27-23-15)12(2)28-18-22-21-16(9-8-14(19)25)24(18)11-13-6-5-10-26-13/h5-6,10,12H,3-4,7-9,11H2,1-2H3,(H2,19,25). The molecular formula is C18H24N6O3S. The maximum Gasteiger partial charge on any atom is 0.239 e. The van der Waals surface area contributed by atoms with E-state index in [2.05, 4.69) is 27.3 Å². The fourth-order valence-corrected chi connectivity index (χ4v) is 3.52. The molecule has 10 heteroatoms. The van der Waals surface area contributed by atoms with E-state index in [0.717, 1.165) is 30.8 Å². The minimum Gasteiger partial charge on any atom is -0.467 e. The summed E-state index contributed by atoms with van der Waals surface area (Å²) >= 11 is 1.47. The number of unbranched alkanes of at least 4 members (excludes halogenated alkanes) is 1. The number of hydrogen-bond acceptors (Lipinski definition) is 8. The highest BCUT2D eigenvalue weighted by molar-refractivity contribution is 7.99. The Kier molecular flexibility index (Phi) is 6.85. The van der Waals surface area contributed by atoms with Crippen LogP contribution in [0, 0.1) is 0 Å². The molecule has 0 spiro atoms. The third-order valence-corrected chi connectivity index (χ3v) is 5.22. The van der Waals surface area contributed by atoms with Gasteiger partial charge in [-0.3, -0.25) is 9.36 Å². The highest BCUT2D eigenvalue weighted by atomic mass is 32.2. The van der Waals surface area contributed by atoms with E-state index >= 15 is 0 Å². The van der Waals surface area contributed by atoms with E-state index in [4.69, 9.17) is 14.7 Å². The molecule has 3 aromatic rings. The summed E-state index contributed by atoms with van der Waals surface area (Å²) in [4.78, 5) is 15.6. The number of thioether (sulfide) groups is 1. The topological polar surface area (TPSA) is 126 Å². The lowest BCUT2D eigenvalue weighted by molar-refractivity contribution is -0.118. The minimum absolute atomic E-state index is 0.0913. The molecule has 0 fully saturated rings. The fourth-order valence-electron chi connectivity index (χ4n) is 2.62. The molecule has 150 valence electrons. The van der Waals surface area contributed by atoms with Crippen LogP contribution in [0.2, 0.25) is 0 Å². The van der Waals surface area contributed by atoms with Crippen LogP contribution >= 0.6 is 11.8 Å². The monoisotopic (exact) mass is 404 g/mol. The Balaban J connectivity index is 1.76. The van der Waals surface area contributed by atoms with E-state index in [0.29, 0.717) is 29.8 Å². The molecule has 0 aliphatic carbocycles. The number of furan rings is 1. The molecule has 0 aliphatic rings. The van der Waals surface area contributed by atoms with Crippen LogP contribution < -0.4 is 5.73 Å². The molecule has 3 rings (SSSR count). The van der Waals surface area contributed by atoms with Crippen molar-refractivity contribution in [2.45, 2.75) is 62.9 Å². The van der Waals surface area contributed by atoms with Gasteiger partial charge in [-0.05, 0) is 25.5 Å². The first-order valence-electron chi connectivity index (χ1n) is 9.28. The van der Waals surface area contributed by atoms with Crippen molar-refractivity contribution in [3.05, 3.63) is 41.7 Å². The average Bonchev–Trinajstić information content (AvgIpc) is 3.41. The number of nitrogens with zero attached hydrogens (tertiary/aromatic N) is 5. The van der Waals surface area contributed by atoms with Crippen LogP contribution in [0.15, 0.2) is 32.5 Å². The van der Waals surface area contributed by atoms with Gasteiger partial charge in [0.05, 0.1) is 18.1 Å². The molecule has 0 radical (unpaired) electrons. The summed E-state index contributed by atoms with van der Waals surface area (Å²) < 4.78 is 12.8. The zero-order valence-electron chi connectivity index (χ0n) is 16.0. The van der Waals surface area contributed by atoms with Gasteiger partial charge < -0.3 is 14.7 Å². The van der Waals surface area contributed by atoms with Crippen molar-refractivity contribution in [3.63, 3.8) is 0 Å². The molecule has 3 aromatic heterocycles. The first kappa shape index (κ1) is 20.1. The van der Waals surface area contributed by atoms with E-state index in [9.17, 15) is 4.79 Å². The van der Waals surface area contributed by atoms with E-state index in [1.54, 1.807) is 6.26 Å². The van der Waals surface area contributed by atoms with Gasteiger partial charge in [0.2, 0.25) is 11.8 Å². The highest BCUT2D eigenvalue weighted by Crippen LogP contribution is 2.33. The summed E-state index contributed by atoms with van der Waals surface area (Å²) in [5, 5.41) is 13.2. The second-order valence-electron chi connectivity index (χ2n) is 6.44. The Bertz CT molecular complexity index is 889. The molecule has 28 heavy (non-hydrogen) atoms. The Morgan fingerprint density at radius 2 is 2.21 bits per heavy atom. The van der Waals surface area contributed by atoms with Crippen molar-refractivity contribution in [1.29, 1.82) is 0 Å². The molecule has 3 heterocycles. The van der Waals surface area contributed by atoms with Crippen molar-refractivity contribution >= 4 is 17.7 Å². The normalized spacial score (nSPS) is 12.4. The predicted molar refractivity (Wildman–Crippen MR) is 103 cm³/mol. The summed E-state index contributed by atoms with van der Waals surface area (Å²) in [5.41, 5.74) is 5.28. The van der Waals surface area contributed by atoms with Gasteiger partial charge >= 0.3 is 0 Å². The van der Waals surface area contributed by atoms with Crippen molar-refractivity contribution < 1.29 is 13.7 Å². The van der Waals surface area contributed by atoms with Crippen molar-refractivity contribution in [1.82, 2.24) is 24.9 Å². The molecule has 0 aliphatic heterocycles. The Hall–Kier alpha value is -2.62. The van der Waals surface area contributed by atoms with Crippen molar-refractivity contribution in [2.24, 2.45) is 5.73 Å². The van der Waals surface area contributed by atoms with E-state index in [1.807, 2.05) is 23.6 Å². The number of amides is 1. The maximum absolute atomic E-state index is 11.2. The molecule has 0 saturated heterocycles. The third kappa shape index (κ3) is 5.22. The molecule has 0 saturated carbocycles. The summed E-state index contributed by atoms with van der Waals surface area (Å²) in [6, 6.07) is 3.71. The molecule has 2 N–H and O–H groups in total. The molecule has 1 atom stereocenters. The maximum atomic E-state index is 11.2. The van der Waals surface area contributed by atoms with Gasteiger partial charge in [-0.15, -0.1) is 10.2 Å². The van der Waals surface area contributed by atoms with Crippen molar-refractivity contribution in [2.75, 3.05) is 0 Å². The van der Waals surface area contributed by atoms with Crippen LogP contribution in [-0.4, -0.2) is 30.8 Å². The smallest absolute Gasteiger partial charge is 0.239 e. The highest BCUT2D eigenvalue weighted by Gasteiger charge is 2.21. The first-order valence-corrected chi connectivity index (χ1v) is 10.2. The van der Waals surface area contributed by atoms with Crippen LogP contribution in [0.3, 0.4) is 0 Å². The lowest BCUT2D eigenvalue weighted by Crippen LogP contribution is -2.14. The SMILES string of the molecule is CCCCc1noc(C(C)Sc2nnc(CCC(N)=O)n2Cc2ccco2)n1. The first-order chi connectivity index (χ1) is 13.6. The largest absolute Gasteiger partial charge is 0.467 e. The van der Waals surface area contributed by atoms with Crippen LogP contribution in [0.25, 0.3) is 0 Å². The third-order valence-electron chi connectivity index (χ3n) is 4.15. The number of carbonyl (C=O) groups is 1. The van der Waals surface area contributed by atoms with Gasteiger partial charge in [-0.1, -0.05) is 30.3 Å².